The molecule has 0 bridgehead atoms. The van der Waals surface area contributed by atoms with E-state index in [1.807, 2.05) is 35.0 Å². The van der Waals surface area contributed by atoms with E-state index in [0.717, 1.165) is 20.1 Å². The molecule has 146 valence electrons. The van der Waals surface area contributed by atoms with Crippen molar-refractivity contribution in [2.24, 2.45) is 5.10 Å². The Kier molecular flexibility index (Phi) is 4.49. The number of hydrogen-bond donors (Lipinski definition) is 0. The average Bonchev–Trinajstić information content (AvgIpc) is 3.53. The lowest BCUT2D eigenvalue weighted by atomic mass is 10.1. The normalized spacial score (nSPS) is 16.3. The van der Waals surface area contributed by atoms with Gasteiger partial charge in [-0.25, -0.2) is 9.80 Å². The van der Waals surface area contributed by atoms with Crippen LogP contribution in [0, 0.1) is 0 Å². The van der Waals surface area contributed by atoms with Gasteiger partial charge >= 0.3 is 5.76 Å². The van der Waals surface area contributed by atoms with E-state index >= 15 is 0 Å². The zero-order valence-corrected chi connectivity index (χ0v) is 16.6. The van der Waals surface area contributed by atoms with Crippen LogP contribution in [0.3, 0.4) is 0 Å². The zero-order valence-electron chi connectivity index (χ0n) is 14.9. The van der Waals surface area contributed by atoms with E-state index in [9.17, 15) is 9.59 Å². The molecule has 10 heteroatoms. The summed E-state index contributed by atoms with van der Waals surface area (Å²) >= 11 is 3.16. The topological polar surface area (TPSA) is 93.8 Å². The summed E-state index contributed by atoms with van der Waals surface area (Å²) in [5, 5.41) is 14.1. The van der Waals surface area contributed by atoms with Gasteiger partial charge in [-0.05, 0) is 35.0 Å². The van der Waals surface area contributed by atoms with Crippen LogP contribution in [-0.4, -0.2) is 26.4 Å². The van der Waals surface area contributed by atoms with Crippen molar-refractivity contribution in [1.82, 2.24) is 14.8 Å². The smallest absolute Gasteiger partial charge is 0.437 e. The van der Waals surface area contributed by atoms with Gasteiger partial charge in [0.2, 0.25) is 0 Å². The molecule has 5 heterocycles. The minimum Gasteiger partial charge on any atom is -0.459 e. The maximum atomic E-state index is 13.0. The highest BCUT2D eigenvalue weighted by molar-refractivity contribution is 7.12. The minimum absolute atomic E-state index is 0.0341. The first-order valence-corrected chi connectivity index (χ1v) is 10.5. The van der Waals surface area contributed by atoms with Crippen molar-refractivity contribution in [3.05, 3.63) is 73.7 Å². The van der Waals surface area contributed by atoms with Crippen LogP contribution in [0.15, 0.2) is 72.2 Å². The maximum Gasteiger partial charge on any atom is 0.437 e. The highest BCUT2D eigenvalue weighted by atomic mass is 32.1. The molecule has 0 spiro atoms. The fourth-order valence-corrected chi connectivity index (χ4v) is 4.67. The van der Waals surface area contributed by atoms with Crippen LogP contribution in [0.2, 0.25) is 0 Å². The van der Waals surface area contributed by atoms with E-state index in [1.54, 1.807) is 34.8 Å². The van der Waals surface area contributed by atoms with Crippen LogP contribution in [0.25, 0.3) is 11.7 Å². The Labute approximate surface area is 172 Å². The summed E-state index contributed by atoms with van der Waals surface area (Å²) in [5.41, 5.74) is 0.857. The number of amides is 1. The van der Waals surface area contributed by atoms with E-state index < -0.39 is 5.76 Å². The Morgan fingerprint density at radius 3 is 2.76 bits per heavy atom. The van der Waals surface area contributed by atoms with Crippen molar-refractivity contribution < 1.29 is 13.6 Å². The van der Waals surface area contributed by atoms with Gasteiger partial charge in [-0.15, -0.1) is 27.8 Å². The van der Waals surface area contributed by atoms with Crippen molar-refractivity contribution in [3.63, 3.8) is 0 Å². The number of hydrogen-bond acceptors (Lipinski definition) is 8. The molecule has 1 aliphatic rings. The summed E-state index contributed by atoms with van der Waals surface area (Å²) in [6.07, 6.45) is 2.08. The van der Waals surface area contributed by atoms with Crippen molar-refractivity contribution in [3.8, 4) is 11.7 Å². The molecule has 8 nitrogen and oxygen atoms in total. The highest BCUT2D eigenvalue weighted by Crippen LogP contribution is 2.36. The largest absolute Gasteiger partial charge is 0.459 e. The molecule has 5 rings (SSSR count). The molecule has 1 aliphatic heterocycles. The Bertz CT molecular complexity index is 1200. The van der Waals surface area contributed by atoms with Crippen LogP contribution in [0.4, 0.5) is 0 Å². The molecule has 0 radical (unpaired) electrons. The SMILES string of the molecule is O=C(Cn1nc(-c2ccco2)oc1=O)N1N=C(c2cccs2)CC1c1cccs1. The molecule has 29 heavy (non-hydrogen) atoms. The molecule has 4 aromatic rings. The third kappa shape index (κ3) is 3.36. The molecular weight excluding hydrogens is 412 g/mol. The molecule has 0 N–H and O–H groups in total. The van der Waals surface area contributed by atoms with Gasteiger partial charge in [-0.1, -0.05) is 12.1 Å². The molecule has 4 aromatic heterocycles. The van der Waals surface area contributed by atoms with Crippen molar-refractivity contribution in [2.75, 3.05) is 0 Å². The molecule has 0 fully saturated rings. The molecular formula is C19H14N4O4S2. The number of hydrazone groups is 1. The zero-order chi connectivity index (χ0) is 19.8. The van der Waals surface area contributed by atoms with E-state index in [4.69, 9.17) is 8.83 Å². The first-order chi connectivity index (χ1) is 14.2. The van der Waals surface area contributed by atoms with E-state index in [1.165, 1.54) is 11.3 Å². The Hall–Kier alpha value is -3.24. The second-order valence-electron chi connectivity index (χ2n) is 6.31. The number of aromatic nitrogens is 2. The van der Waals surface area contributed by atoms with Crippen LogP contribution in [0.1, 0.15) is 22.2 Å². The van der Waals surface area contributed by atoms with Gasteiger partial charge in [-0.3, -0.25) is 4.79 Å². The van der Waals surface area contributed by atoms with Gasteiger partial charge in [0.05, 0.1) is 22.9 Å². The fourth-order valence-electron chi connectivity index (χ4n) is 3.14. The number of nitrogens with zero attached hydrogens (tertiary/aromatic N) is 4. The van der Waals surface area contributed by atoms with E-state index in [0.29, 0.717) is 12.2 Å². The molecule has 1 unspecified atom stereocenters. The lowest BCUT2D eigenvalue weighted by molar-refractivity contribution is -0.133. The Morgan fingerprint density at radius 2 is 2.03 bits per heavy atom. The lowest BCUT2D eigenvalue weighted by Gasteiger charge is -2.20. The van der Waals surface area contributed by atoms with Crippen LogP contribution < -0.4 is 5.76 Å². The number of carbonyl (C=O) groups excluding carboxylic acids is 1. The predicted molar refractivity (Wildman–Crippen MR) is 108 cm³/mol. The fraction of sp³-hybridized carbons (Fsp3) is 0.158. The van der Waals surface area contributed by atoms with Crippen LogP contribution >= 0.6 is 22.7 Å². The third-order valence-corrected chi connectivity index (χ3v) is 6.36. The van der Waals surface area contributed by atoms with Crippen LogP contribution in [0.5, 0.6) is 0 Å². The second-order valence-corrected chi connectivity index (χ2v) is 8.23. The second kappa shape index (κ2) is 7.30. The molecule has 0 aliphatic carbocycles. The number of rotatable bonds is 5. The van der Waals surface area contributed by atoms with Gasteiger partial charge in [0.1, 0.15) is 6.54 Å². The first-order valence-electron chi connectivity index (χ1n) is 8.77. The van der Waals surface area contributed by atoms with Gasteiger partial charge in [0, 0.05) is 11.3 Å². The standard InChI is InChI=1S/C19H14N4O4S2/c24-17(11-22-19(25)27-18(21-22)14-4-1-7-26-14)23-13(16-6-3-9-29-16)10-12(20-23)15-5-2-8-28-15/h1-9,13H,10-11H2. The summed E-state index contributed by atoms with van der Waals surface area (Å²) in [4.78, 5) is 27.2. The molecule has 0 saturated heterocycles. The highest BCUT2D eigenvalue weighted by Gasteiger charge is 2.34. The van der Waals surface area contributed by atoms with Gasteiger partial charge in [0.25, 0.3) is 11.8 Å². The number of thiophene rings is 2. The van der Waals surface area contributed by atoms with Crippen molar-refractivity contribution in [2.45, 2.75) is 19.0 Å². The van der Waals surface area contributed by atoms with E-state index in [2.05, 4.69) is 10.2 Å². The number of furan rings is 1. The summed E-state index contributed by atoms with van der Waals surface area (Å²) in [5.74, 6) is -0.703. The summed E-state index contributed by atoms with van der Waals surface area (Å²) in [7, 11) is 0. The van der Waals surface area contributed by atoms with Crippen molar-refractivity contribution >= 4 is 34.3 Å². The summed E-state index contributed by atoms with van der Waals surface area (Å²) in [6, 6.07) is 11.0. The molecule has 1 atom stereocenters. The van der Waals surface area contributed by atoms with Crippen LogP contribution in [-0.2, 0) is 11.3 Å². The molecule has 0 aromatic carbocycles. The summed E-state index contributed by atoms with van der Waals surface area (Å²) in [6.45, 7) is -0.272. The van der Waals surface area contributed by atoms with Gasteiger partial charge < -0.3 is 8.83 Å². The predicted octanol–water partition coefficient (Wildman–Crippen LogP) is 3.60. The quantitative estimate of drug-likeness (QED) is 0.486. The minimum atomic E-state index is -0.723. The Balaban J connectivity index is 1.43. The number of carbonyl (C=O) groups is 1. The molecule has 1 amide bonds. The third-order valence-electron chi connectivity index (χ3n) is 4.47. The van der Waals surface area contributed by atoms with Gasteiger partial charge in [0.15, 0.2) is 5.76 Å². The average molecular weight is 426 g/mol. The van der Waals surface area contributed by atoms with Crippen molar-refractivity contribution in [1.29, 1.82) is 0 Å². The Morgan fingerprint density at radius 1 is 1.17 bits per heavy atom. The van der Waals surface area contributed by atoms with Gasteiger partial charge in [-0.2, -0.15) is 9.78 Å². The summed E-state index contributed by atoms with van der Waals surface area (Å²) < 4.78 is 11.3. The lowest BCUT2D eigenvalue weighted by Crippen LogP contribution is -2.33. The maximum absolute atomic E-state index is 13.0. The van der Waals surface area contributed by atoms with E-state index in [-0.39, 0.29) is 24.4 Å². The molecule has 0 saturated carbocycles. The monoisotopic (exact) mass is 426 g/mol. The first kappa shape index (κ1) is 17.8.